The molecular formula is C20H22F2N6O4S. The number of nitrogens with one attached hydrogen (secondary N) is 2. The fourth-order valence-electron chi connectivity index (χ4n) is 3.69. The Labute approximate surface area is 188 Å². The van der Waals surface area contributed by atoms with Gasteiger partial charge in [0.1, 0.15) is 17.2 Å². The van der Waals surface area contributed by atoms with E-state index in [0.717, 1.165) is 12.3 Å². The van der Waals surface area contributed by atoms with Gasteiger partial charge >= 0.3 is 0 Å². The van der Waals surface area contributed by atoms with E-state index in [0.29, 0.717) is 5.69 Å². The molecule has 0 spiro atoms. The lowest BCUT2D eigenvalue weighted by atomic mass is 9.98. The molecule has 0 aromatic carbocycles. The Kier molecular flexibility index (Phi) is 5.70. The molecule has 10 nitrogen and oxygen atoms in total. The second-order valence-corrected chi connectivity index (χ2v) is 9.77. The molecule has 0 bridgehead atoms. The highest BCUT2D eigenvalue weighted by atomic mass is 32.2. The summed E-state index contributed by atoms with van der Waals surface area (Å²) >= 11 is 0. The summed E-state index contributed by atoms with van der Waals surface area (Å²) in [5.74, 6) is -0.830. The number of halogens is 2. The first-order valence-electron chi connectivity index (χ1n) is 9.87. The SMILES string of the molecule is Cn1ccc(CC2(C)COc3c(cn(C)c3C(=O)Nc3ccnc(C(F)F)c3)S(=O)(=O)N2)n1. The van der Waals surface area contributed by atoms with Crippen LogP contribution in [0, 0.1) is 0 Å². The Balaban J connectivity index is 1.64. The monoisotopic (exact) mass is 480 g/mol. The van der Waals surface area contributed by atoms with Crippen molar-refractivity contribution in [3.05, 3.63) is 53.9 Å². The molecule has 1 aliphatic rings. The zero-order valence-electron chi connectivity index (χ0n) is 18.0. The molecule has 2 N–H and O–H groups in total. The highest BCUT2D eigenvalue weighted by Crippen LogP contribution is 2.35. The van der Waals surface area contributed by atoms with Crippen LogP contribution in [0.2, 0.25) is 0 Å². The summed E-state index contributed by atoms with van der Waals surface area (Å²) in [6.07, 6.45) is 1.63. The second kappa shape index (κ2) is 8.23. The third kappa shape index (κ3) is 4.59. The van der Waals surface area contributed by atoms with Crippen molar-refractivity contribution in [1.29, 1.82) is 0 Å². The molecule has 3 aromatic rings. The Morgan fingerprint density at radius 3 is 2.79 bits per heavy atom. The zero-order valence-corrected chi connectivity index (χ0v) is 18.9. The molecule has 176 valence electrons. The highest BCUT2D eigenvalue weighted by molar-refractivity contribution is 7.89. The first-order valence-corrected chi connectivity index (χ1v) is 11.4. The van der Waals surface area contributed by atoms with Crippen LogP contribution in [-0.2, 0) is 30.5 Å². The Morgan fingerprint density at radius 2 is 2.12 bits per heavy atom. The van der Waals surface area contributed by atoms with Crippen molar-refractivity contribution in [3.8, 4) is 5.75 Å². The number of carbonyl (C=O) groups is 1. The number of carbonyl (C=O) groups excluding carboxylic acids is 1. The average Bonchev–Trinajstić information content (AvgIpc) is 3.26. The first-order chi connectivity index (χ1) is 15.5. The summed E-state index contributed by atoms with van der Waals surface area (Å²) in [5, 5.41) is 6.79. The van der Waals surface area contributed by atoms with Crippen LogP contribution < -0.4 is 14.8 Å². The molecule has 4 rings (SSSR count). The van der Waals surface area contributed by atoms with Crippen molar-refractivity contribution in [2.45, 2.75) is 30.2 Å². The van der Waals surface area contributed by atoms with Gasteiger partial charge in [-0.25, -0.2) is 21.9 Å². The maximum Gasteiger partial charge on any atom is 0.280 e. The fourth-order valence-corrected chi connectivity index (χ4v) is 5.28. The Morgan fingerprint density at radius 1 is 1.36 bits per heavy atom. The van der Waals surface area contributed by atoms with Crippen molar-refractivity contribution in [3.63, 3.8) is 0 Å². The summed E-state index contributed by atoms with van der Waals surface area (Å²) in [7, 11) is -0.795. The van der Waals surface area contributed by atoms with Gasteiger partial charge in [0.25, 0.3) is 12.3 Å². The van der Waals surface area contributed by atoms with Gasteiger partial charge in [-0.3, -0.25) is 14.5 Å². The fraction of sp³-hybridized carbons (Fsp3) is 0.350. The standard InChI is InChI=1S/C20H22F2N6O4S/c1-20(9-13-5-7-28(3)25-13)11-32-17-15(33(30,31)26-20)10-27(2)16(17)19(29)24-12-4-6-23-14(8-12)18(21)22/h4-8,10,18,26H,9,11H2,1-3H3,(H,23,24,29). The number of hydrogen-bond acceptors (Lipinski definition) is 6. The lowest BCUT2D eigenvalue weighted by Gasteiger charge is -2.27. The van der Waals surface area contributed by atoms with E-state index >= 15 is 0 Å². The number of rotatable bonds is 5. The number of fused-ring (bicyclic) bond motifs is 1. The maximum absolute atomic E-state index is 13.1. The molecule has 33 heavy (non-hydrogen) atoms. The van der Waals surface area contributed by atoms with E-state index in [1.807, 2.05) is 0 Å². The predicted molar refractivity (Wildman–Crippen MR) is 114 cm³/mol. The zero-order chi connectivity index (χ0) is 24.0. The molecular weight excluding hydrogens is 458 g/mol. The summed E-state index contributed by atoms with van der Waals surface area (Å²) in [4.78, 5) is 16.3. The van der Waals surface area contributed by atoms with E-state index < -0.39 is 33.6 Å². The van der Waals surface area contributed by atoms with Gasteiger partial charge in [0, 0.05) is 44.8 Å². The van der Waals surface area contributed by atoms with Crippen molar-refractivity contribution >= 4 is 21.6 Å². The molecule has 4 heterocycles. The summed E-state index contributed by atoms with van der Waals surface area (Å²) in [6, 6.07) is 4.18. The van der Waals surface area contributed by atoms with Gasteiger partial charge in [-0.15, -0.1) is 0 Å². The smallest absolute Gasteiger partial charge is 0.280 e. The predicted octanol–water partition coefficient (Wildman–Crippen LogP) is 2.02. The number of anilines is 1. The number of ether oxygens (including phenoxy) is 1. The van der Waals surface area contributed by atoms with Crippen molar-refractivity contribution in [2.75, 3.05) is 11.9 Å². The number of pyridine rings is 1. The molecule has 1 unspecified atom stereocenters. The number of aryl methyl sites for hydroxylation is 2. The lowest BCUT2D eigenvalue weighted by molar-refractivity contribution is 0.101. The number of nitrogens with zero attached hydrogens (tertiary/aromatic N) is 4. The molecule has 1 atom stereocenters. The van der Waals surface area contributed by atoms with E-state index in [4.69, 9.17) is 4.74 Å². The van der Waals surface area contributed by atoms with Gasteiger partial charge in [-0.1, -0.05) is 0 Å². The highest BCUT2D eigenvalue weighted by Gasteiger charge is 2.40. The largest absolute Gasteiger partial charge is 0.488 e. The molecule has 1 amide bonds. The Hall–Kier alpha value is -3.32. The minimum atomic E-state index is -4.05. The molecule has 0 radical (unpaired) electrons. The van der Waals surface area contributed by atoms with E-state index in [-0.39, 0.29) is 35.1 Å². The van der Waals surface area contributed by atoms with Crippen LogP contribution >= 0.6 is 0 Å². The minimum Gasteiger partial charge on any atom is -0.488 e. The van der Waals surface area contributed by atoms with E-state index in [9.17, 15) is 22.0 Å². The summed E-state index contributed by atoms with van der Waals surface area (Å²) in [6.45, 7) is 1.62. The minimum absolute atomic E-state index is 0.0622. The van der Waals surface area contributed by atoms with Crippen LogP contribution in [-0.4, -0.2) is 45.8 Å². The van der Waals surface area contributed by atoms with E-state index in [1.54, 1.807) is 30.9 Å². The van der Waals surface area contributed by atoms with Gasteiger partial charge in [0.15, 0.2) is 11.4 Å². The van der Waals surface area contributed by atoms with Crippen LogP contribution in [0.3, 0.4) is 0 Å². The van der Waals surface area contributed by atoms with Crippen LogP contribution in [0.1, 0.15) is 35.2 Å². The van der Waals surface area contributed by atoms with Crippen LogP contribution in [0.25, 0.3) is 0 Å². The molecule has 13 heteroatoms. The van der Waals surface area contributed by atoms with Crippen LogP contribution in [0.4, 0.5) is 14.5 Å². The van der Waals surface area contributed by atoms with Gasteiger partial charge in [0.2, 0.25) is 10.0 Å². The maximum atomic E-state index is 13.1. The normalized spacial score (nSPS) is 19.6. The molecule has 3 aromatic heterocycles. The van der Waals surface area contributed by atoms with Gasteiger partial charge < -0.3 is 14.6 Å². The van der Waals surface area contributed by atoms with Gasteiger partial charge in [0.05, 0.1) is 11.2 Å². The van der Waals surface area contributed by atoms with Crippen LogP contribution in [0.15, 0.2) is 41.7 Å². The summed E-state index contributed by atoms with van der Waals surface area (Å²) < 4.78 is 63.5. The quantitative estimate of drug-likeness (QED) is 0.577. The second-order valence-electron chi connectivity index (χ2n) is 8.12. The van der Waals surface area contributed by atoms with Crippen molar-refractivity contribution in [2.24, 2.45) is 14.1 Å². The van der Waals surface area contributed by atoms with Crippen LogP contribution in [0.5, 0.6) is 5.75 Å². The molecule has 0 fully saturated rings. The molecule has 0 saturated heterocycles. The number of amides is 1. The van der Waals surface area contributed by atoms with Gasteiger partial charge in [-0.2, -0.15) is 5.10 Å². The van der Waals surface area contributed by atoms with Crippen molar-refractivity contribution in [1.82, 2.24) is 24.1 Å². The molecule has 1 aliphatic heterocycles. The van der Waals surface area contributed by atoms with E-state index in [2.05, 4.69) is 20.1 Å². The topological polar surface area (TPSA) is 120 Å². The van der Waals surface area contributed by atoms with Crippen molar-refractivity contribution < 1.29 is 26.7 Å². The lowest BCUT2D eigenvalue weighted by Crippen LogP contribution is -2.50. The number of sulfonamides is 1. The first kappa shape index (κ1) is 22.9. The summed E-state index contributed by atoms with van der Waals surface area (Å²) in [5.41, 5.74) is -0.818. The van der Waals surface area contributed by atoms with Gasteiger partial charge in [-0.05, 0) is 25.1 Å². The average molecular weight is 480 g/mol. The number of aromatic nitrogens is 4. The number of alkyl halides is 2. The third-order valence-electron chi connectivity index (χ3n) is 5.13. The Bertz CT molecular complexity index is 1320. The number of hydrogen-bond donors (Lipinski definition) is 2. The molecule has 0 saturated carbocycles. The van der Waals surface area contributed by atoms with E-state index in [1.165, 1.54) is 23.9 Å². The third-order valence-corrected chi connectivity index (χ3v) is 6.76. The molecule has 0 aliphatic carbocycles.